The van der Waals surface area contributed by atoms with Crippen LogP contribution in [0.15, 0.2) is 49.1 Å². The van der Waals surface area contributed by atoms with E-state index in [4.69, 9.17) is 4.74 Å². The van der Waals surface area contributed by atoms with Crippen LogP contribution in [0.5, 0.6) is 5.75 Å². The summed E-state index contributed by atoms with van der Waals surface area (Å²) in [5.41, 5.74) is 1.34. The molecule has 14 heavy (non-hydrogen) atoms. The molecule has 74 valence electrons. The number of hydrogen-bond donors (Lipinski definition) is 1. The Kier molecular flexibility index (Phi) is 3.48. The van der Waals surface area contributed by atoms with Gasteiger partial charge in [-0.25, -0.2) is 0 Å². The number of ether oxygens (including phenoxy) is 1. The van der Waals surface area contributed by atoms with Crippen LogP contribution >= 0.6 is 0 Å². The molecule has 1 atom stereocenters. The standard InChI is InChI=1S/C12H14O2/c1-4-9(2)12(13)10-6-5-7-11(8-10)14-3/h4-8,12-13H,1-2H2,3H3/t12-/m1/s1. The summed E-state index contributed by atoms with van der Waals surface area (Å²) >= 11 is 0. The van der Waals surface area contributed by atoms with Crippen LogP contribution in [0.2, 0.25) is 0 Å². The lowest BCUT2D eigenvalue weighted by Gasteiger charge is -2.11. The average Bonchev–Trinajstić information content (AvgIpc) is 2.27. The van der Waals surface area contributed by atoms with Crippen molar-refractivity contribution in [2.45, 2.75) is 6.10 Å². The molecule has 1 aromatic rings. The van der Waals surface area contributed by atoms with Gasteiger partial charge in [0.1, 0.15) is 11.9 Å². The van der Waals surface area contributed by atoms with Gasteiger partial charge in [0.05, 0.1) is 7.11 Å². The van der Waals surface area contributed by atoms with E-state index in [1.807, 2.05) is 18.2 Å². The summed E-state index contributed by atoms with van der Waals surface area (Å²) < 4.78 is 5.05. The minimum Gasteiger partial charge on any atom is -0.497 e. The fourth-order valence-corrected chi connectivity index (χ4v) is 1.14. The van der Waals surface area contributed by atoms with E-state index in [1.165, 1.54) is 0 Å². The summed E-state index contributed by atoms with van der Waals surface area (Å²) in [6.07, 6.45) is 0.840. The minimum absolute atomic E-state index is 0.582. The van der Waals surface area contributed by atoms with E-state index in [0.717, 1.165) is 11.3 Å². The molecule has 1 rings (SSSR count). The second-order valence-corrected chi connectivity index (χ2v) is 2.96. The topological polar surface area (TPSA) is 29.5 Å². The zero-order valence-electron chi connectivity index (χ0n) is 8.23. The number of aliphatic hydroxyl groups is 1. The molecule has 0 amide bonds. The molecule has 0 aromatic heterocycles. The highest BCUT2D eigenvalue weighted by Gasteiger charge is 2.09. The summed E-state index contributed by atoms with van der Waals surface area (Å²) in [6, 6.07) is 7.25. The Hall–Kier alpha value is -1.54. The van der Waals surface area contributed by atoms with Crippen LogP contribution in [0.1, 0.15) is 11.7 Å². The van der Waals surface area contributed by atoms with Crippen LogP contribution in [0.25, 0.3) is 0 Å². The number of aliphatic hydroxyl groups excluding tert-OH is 1. The van der Waals surface area contributed by atoms with Gasteiger partial charge < -0.3 is 9.84 Å². The lowest BCUT2D eigenvalue weighted by Crippen LogP contribution is -1.98. The molecule has 0 aliphatic carbocycles. The van der Waals surface area contributed by atoms with Crippen molar-refractivity contribution in [1.82, 2.24) is 0 Å². The second-order valence-electron chi connectivity index (χ2n) is 2.96. The zero-order valence-corrected chi connectivity index (χ0v) is 8.23. The monoisotopic (exact) mass is 190 g/mol. The third kappa shape index (κ3) is 2.24. The Morgan fingerprint density at radius 3 is 2.86 bits per heavy atom. The van der Waals surface area contributed by atoms with Crippen LogP contribution in [0.3, 0.4) is 0 Å². The maximum atomic E-state index is 9.78. The molecule has 1 aromatic carbocycles. The summed E-state index contributed by atoms with van der Waals surface area (Å²) in [5.74, 6) is 0.721. The van der Waals surface area contributed by atoms with Crippen molar-refractivity contribution in [3.8, 4) is 5.75 Å². The molecule has 0 aliphatic heterocycles. The third-order valence-corrected chi connectivity index (χ3v) is 2.02. The first-order valence-electron chi connectivity index (χ1n) is 4.32. The molecule has 0 heterocycles. The maximum Gasteiger partial charge on any atom is 0.119 e. The Morgan fingerprint density at radius 1 is 1.57 bits per heavy atom. The highest BCUT2D eigenvalue weighted by molar-refractivity contribution is 5.35. The molecule has 0 radical (unpaired) electrons. The number of hydrogen-bond acceptors (Lipinski definition) is 2. The van der Waals surface area contributed by atoms with E-state index in [2.05, 4.69) is 13.2 Å². The minimum atomic E-state index is -0.706. The quantitative estimate of drug-likeness (QED) is 0.739. The molecular formula is C12H14O2. The van der Waals surface area contributed by atoms with Crippen molar-refractivity contribution in [2.24, 2.45) is 0 Å². The predicted molar refractivity (Wildman–Crippen MR) is 57.3 cm³/mol. The van der Waals surface area contributed by atoms with Crippen LogP contribution in [0, 0.1) is 0 Å². The van der Waals surface area contributed by atoms with Crippen molar-refractivity contribution in [3.05, 3.63) is 54.6 Å². The van der Waals surface area contributed by atoms with Gasteiger partial charge in [-0.1, -0.05) is 31.4 Å². The first-order valence-corrected chi connectivity index (χ1v) is 4.32. The van der Waals surface area contributed by atoms with E-state index in [-0.39, 0.29) is 0 Å². The van der Waals surface area contributed by atoms with Gasteiger partial charge in [-0.05, 0) is 23.3 Å². The van der Waals surface area contributed by atoms with Gasteiger partial charge in [-0.3, -0.25) is 0 Å². The molecule has 2 nitrogen and oxygen atoms in total. The molecule has 0 unspecified atom stereocenters. The van der Waals surface area contributed by atoms with Crippen molar-refractivity contribution in [1.29, 1.82) is 0 Å². The van der Waals surface area contributed by atoms with E-state index >= 15 is 0 Å². The second kappa shape index (κ2) is 4.63. The van der Waals surface area contributed by atoms with Crippen LogP contribution in [-0.4, -0.2) is 12.2 Å². The summed E-state index contributed by atoms with van der Waals surface area (Å²) in [7, 11) is 1.59. The van der Waals surface area contributed by atoms with Gasteiger partial charge in [0.25, 0.3) is 0 Å². The largest absolute Gasteiger partial charge is 0.497 e. The Labute approximate surface area is 84.1 Å². The van der Waals surface area contributed by atoms with Crippen LogP contribution in [0.4, 0.5) is 0 Å². The molecule has 0 aliphatic rings. The number of rotatable bonds is 4. The smallest absolute Gasteiger partial charge is 0.119 e. The molecule has 0 bridgehead atoms. The Balaban J connectivity index is 2.94. The third-order valence-electron chi connectivity index (χ3n) is 2.02. The van der Waals surface area contributed by atoms with Crippen molar-refractivity contribution in [3.63, 3.8) is 0 Å². The highest BCUT2D eigenvalue weighted by Crippen LogP contribution is 2.23. The molecular weight excluding hydrogens is 176 g/mol. The Morgan fingerprint density at radius 2 is 2.29 bits per heavy atom. The van der Waals surface area contributed by atoms with E-state index in [9.17, 15) is 5.11 Å². The van der Waals surface area contributed by atoms with E-state index < -0.39 is 6.10 Å². The molecule has 0 saturated heterocycles. The normalized spacial score (nSPS) is 11.9. The SMILES string of the molecule is C=CC(=C)[C@@H](O)c1cccc(OC)c1. The average molecular weight is 190 g/mol. The van der Waals surface area contributed by atoms with Gasteiger partial charge in [-0.15, -0.1) is 0 Å². The molecule has 0 spiro atoms. The summed E-state index contributed by atoms with van der Waals surface area (Å²) in [6.45, 7) is 7.26. The maximum absolute atomic E-state index is 9.78. The van der Waals surface area contributed by atoms with E-state index in [0.29, 0.717) is 5.57 Å². The fraction of sp³-hybridized carbons (Fsp3) is 0.167. The lowest BCUT2D eigenvalue weighted by molar-refractivity contribution is 0.219. The summed E-state index contributed by atoms with van der Waals surface area (Å²) in [4.78, 5) is 0. The van der Waals surface area contributed by atoms with Crippen molar-refractivity contribution in [2.75, 3.05) is 7.11 Å². The van der Waals surface area contributed by atoms with Crippen LogP contribution < -0.4 is 4.74 Å². The first-order chi connectivity index (χ1) is 6.69. The molecule has 2 heteroatoms. The first kappa shape index (κ1) is 10.5. The van der Waals surface area contributed by atoms with Gasteiger partial charge in [0, 0.05) is 0 Å². The van der Waals surface area contributed by atoms with Gasteiger partial charge >= 0.3 is 0 Å². The highest BCUT2D eigenvalue weighted by atomic mass is 16.5. The van der Waals surface area contributed by atoms with Gasteiger partial charge in [0.2, 0.25) is 0 Å². The zero-order chi connectivity index (χ0) is 10.6. The van der Waals surface area contributed by atoms with Gasteiger partial charge in [-0.2, -0.15) is 0 Å². The molecule has 0 fully saturated rings. The summed E-state index contributed by atoms with van der Waals surface area (Å²) in [5, 5.41) is 9.78. The van der Waals surface area contributed by atoms with E-state index in [1.54, 1.807) is 19.3 Å². The Bertz CT molecular complexity index is 342. The molecule has 1 N–H and O–H groups in total. The lowest BCUT2D eigenvalue weighted by atomic mass is 10.0. The van der Waals surface area contributed by atoms with Crippen molar-refractivity contribution < 1.29 is 9.84 Å². The number of methoxy groups -OCH3 is 1. The van der Waals surface area contributed by atoms with Crippen LogP contribution in [-0.2, 0) is 0 Å². The molecule has 0 saturated carbocycles. The predicted octanol–water partition coefficient (Wildman–Crippen LogP) is 2.47. The fourth-order valence-electron chi connectivity index (χ4n) is 1.14. The number of benzene rings is 1. The van der Waals surface area contributed by atoms with Crippen molar-refractivity contribution >= 4 is 0 Å². The van der Waals surface area contributed by atoms with Gasteiger partial charge in [0.15, 0.2) is 0 Å².